The number of hydrogen-bond acceptors (Lipinski definition) is 3. The Hall–Kier alpha value is -0.120. The molecule has 1 N–H and O–H groups in total. The first-order chi connectivity index (χ1) is 7.25. The van der Waals surface area contributed by atoms with Crippen LogP contribution in [0.15, 0.2) is 0 Å². The van der Waals surface area contributed by atoms with Crippen molar-refractivity contribution in [2.24, 2.45) is 0 Å². The molecule has 0 spiro atoms. The van der Waals surface area contributed by atoms with Crippen LogP contribution in [0.2, 0.25) is 0 Å². The second-order valence-corrected chi connectivity index (χ2v) is 4.55. The lowest BCUT2D eigenvalue weighted by Gasteiger charge is -2.26. The molecule has 1 fully saturated rings. The minimum atomic E-state index is 0.337. The molecular formula is C12H25NO2. The first-order valence-corrected chi connectivity index (χ1v) is 6.18. The summed E-state index contributed by atoms with van der Waals surface area (Å²) >= 11 is 0. The molecule has 0 amide bonds. The Balaban J connectivity index is 2.05. The van der Waals surface area contributed by atoms with Gasteiger partial charge in [0.15, 0.2) is 0 Å². The molecule has 3 heteroatoms. The minimum Gasteiger partial charge on any atom is -0.396 e. The zero-order chi connectivity index (χ0) is 11.1. The number of nitrogens with zero attached hydrogens (tertiary/aromatic N) is 1. The van der Waals surface area contributed by atoms with Crippen molar-refractivity contribution < 1.29 is 9.84 Å². The summed E-state index contributed by atoms with van der Waals surface area (Å²) in [4.78, 5) is 2.43. The van der Waals surface area contributed by atoms with E-state index in [0.29, 0.717) is 18.8 Å². The van der Waals surface area contributed by atoms with Gasteiger partial charge in [-0.15, -0.1) is 0 Å². The van der Waals surface area contributed by atoms with Crippen LogP contribution in [0.5, 0.6) is 0 Å². The maximum Gasteiger partial charge on any atom is 0.0702 e. The van der Waals surface area contributed by atoms with Crippen molar-refractivity contribution in [3.63, 3.8) is 0 Å². The van der Waals surface area contributed by atoms with Crippen LogP contribution in [0, 0.1) is 0 Å². The molecule has 1 aliphatic heterocycles. The summed E-state index contributed by atoms with van der Waals surface area (Å²) in [6.45, 7) is 4.58. The highest BCUT2D eigenvalue weighted by molar-refractivity contribution is 4.80. The second-order valence-electron chi connectivity index (χ2n) is 4.55. The number of rotatable bonds is 7. The Kier molecular flexibility index (Phi) is 6.22. The van der Waals surface area contributed by atoms with E-state index < -0.39 is 0 Å². The molecule has 15 heavy (non-hydrogen) atoms. The first-order valence-electron chi connectivity index (χ1n) is 6.18. The van der Waals surface area contributed by atoms with Gasteiger partial charge in [-0.05, 0) is 39.8 Å². The van der Waals surface area contributed by atoms with E-state index in [1.54, 1.807) is 0 Å². The maximum absolute atomic E-state index is 8.66. The summed E-state index contributed by atoms with van der Waals surface area (Å²) in [5.74, 6) is 0. The fourth-order valence-electron chi connectivity index (χ4n) is 2.29. The largest absolute Gasteiger partial charge is 0.396 e. The van der Waals surface area contributed by atoms with Gasteiger partial charge in [-0.1, -0.05) is 12.8 Å². The highest BCUT2D eigenvalue weighted by Crippen LogP contribution is 2.18. The van der Waals surface area contributed by atoms with Crippen molar-refractivity contribution in [1.29, 1.82) is 0 Å². The van der Waals surface area contributed by atoms with Gasteiger partial charge in [-0.3, -0.25) is 0 Å². The molecule has 0 aromatic heterocycles. The molecule has 0 radical (unpaired) electrons. The van der Waals surface area contributed by atoms with E-state index in [-0.39, 0.29) is 0 Å². The lowest BCUT2D eigenvalue weighted by atomic mass is 10.1. The van der Waals surface area contributed by atoms with Gasteiger partial charge in [0.2, 0.25) is 0 Å². The Labute approximate surface area is 93.4 Å². The monoisotopic (exact) mass is 215 g/mol. The highest BCUT2D eigenvalue weighted by atomic mass is 16.5. The maximum atomic E-state index is 8.66. The van der Waals surface area contributed by atoms with Crippen molar-refractivity contribution >= 4 is 0 Å². The molecule has 2 unspecified atom stereocenters. The van der Waals surface area contributed by atoms with E-state index in [1.807, 2.05) is 0 Å². The molecule has 0 aromatic rings. The zero-order valence-corrected chi connectivity index (χ0v) is 10.1. The summed E-state index contributed by atoms with van der Waals surface area (Å²) in [5, 5.41) is 8.66. The fraction of sp³-hybridized carbons (Fsp3) is 1.00. The van der Waals surface area contributed by atoms with E-state index in [4.69, 9.17) is 9.84 Å². The van der Waals surface area contributed by atoms with Crippen LogP contribution in [-0.4, -0.2) is 49.0 Å². The van der Waals surface area contributed by atoms with Gasteiger partial charge in [-0.25, -0.2) is 0 Å². The number of hydrogen-bond donors (Lipinski definition) is 1. The first kappa shape index (κ1) is 12.9. The highest BCUT2D eigenvalue weighted by Gasteiger charge is 2.27. The fourth-order valence-corrected chi connectivity index (χ4v) is 2.29. The van der Waals surface area contributed by atoms with Gasteiger partial charge >= 0.3 is 0 Å². The molecule has 1 rings (SSSR count). The van der Waals surface area contributed by atoms with E-state index >= 15 is 0 Å². The molecule has 1 heterocycles. The van der Waals surface area contributed by atoms with Gasteiger partial charge < -0.3 is 14.7 Å². The minimum absolute atomic E-state index is 0.337. The lowest BCUT2D eigenvalue weighted by molar-refractivity contribution is 0.0831. The molecule has 2 atom stereocenters. The zero-order valence-electron chi connectivity index (χ0n) is 10.1. The number of aliphatic hydroxyl groups is 1. The van der Waals surface area contributed by atoms with Crippen molar-refractivity contribution in [2.75, 3.05) is 26.8 Å². The summed E-state index contributed by atoms with van der Waals surface area (Å²) in [5.41, 5.74) is 0. The van der Waals surface area contributed by atoms with E-state index in [2.05, 4.69) is 18.9 Å². The Bertz CT molecular complexity index is 164. The molecule has 1 saturated heterocycles. The molecule has 0 saturated carbocycles. The number of aliphatic hydroxyl groups excluding tert-OH is 1. The van der Waals surface area contributed by atoms with E-state index in [1.165, 1.54) is 19.3 Å². The summed E-state index contributed by atoms with van der Waals surface area (Å²) < 4.78 is 5.56. The molecular weight excluding hydrogens is 190 g/mol. The smallest absolute Gasteiger partial charge is 0.0702 e. The number of unbranched alkanes of at least 4 members (excludes halogenated alkanes) is 3. The van der Waals surface area contributed by atoms with Crippen molar-refractivity contribution in [3.05, 3.63) is 0 Å². The lowest BCUT2D eigenvalue weighted by Crippen LogP contribution is -2.37. The predicted molar refractivity (Wildman–Crippen MR) is 62.0 cm³/mol. The Morgan fingerprint density at radius 1 is 1.27 bits per heavy atom. The van der Waals surface area contributed by atoms with Crippen LogP contribution in [0.1, 0.15) is 39.0 Å². The van der Waals surface area contributed by atoms with Crippen molar-refractivity contribution in [1.82, 2.24) is 4.90 Å². The van der Waals surface area contributed by atoms with Crippen molar-refractivity contribution in [3.8, 4) is 0 Å². The van der Waals surface area contributed by atoms with Gasteiger partial charge in [-0.2, -0.15) is 0 Å². The van der Waals surface area contributed by atoms with Crippen LogP contribution in [-0.2, 0) is 4.74 Å². The van der Waals surface area contributed by atoms with Gasteiger partial charge in [0.25, 0.3) is 0 Å². The molecule has 1 aliphatic rings. The molecule has 3 nitrogen and oxygen atoms in total. The standard InChI is InChI=1S/C12H25NO2/c1-11-12(7-10-15-11)13(2)8-5-3-4-6-9-14/h11-12,14H,3-10H2,1-2H3. The van der Waals surface area contributed by atoms with Crippen LogP contribution < -0.4 is 0 Å². The SMILES string of the molecule is CC1OCCC1N(C)CCCCCCO. The van der Waals surface area contributed by atoms with Gasteiger partial charge in [0.1, 0.15) is 0 Å². The number of likely N-dealkylation sites (N-methyl/N-ethyl adjacent to an activating group) is 1. The Morgan fingerprint density at radius 2 is 2.00 bits per heavy atom. The summed E-state index contributed by atoms with van der Waals surface area (Å²) in [6, 6.07) is 0.614. The molecule has 90 valence electrons. The van der Waals surface area contributed by atoms with Crippen molar-refractivity contribution in [2.45, 2.75) is 51.2 Å². The van der Waals surface area contributed by atoms with Crippen LogP contribution >= 0.6 is 0 Å². The summed E-state index contributed by atoms with van der Waals surface area (Å²) in [6.07, 6.45) is 6.14. The predicted octanol–water partition coefficient (Wildman–Crippen LogP) is 1.65. The van der Waals surface area contributed by atoms with E-state index in [9.17, 15) is 0 Å². The third-order valence-corrected chi connectivity index (χ3v) is 3.32. The Morgan fingerprint density at radius 3 is 2.60 bits per heavy atom. The average molecular weight is 215 g/mol. The number of ether oxygens (including phenoxy) is 1. The molecule has 0 aliphatic carbocycles. The van der Waals surface area contributed by atoms with E-state index in [0.717, 1.165) is 26.0 Å². The van der Waals surface area contributed by atoms with Crippen LogP contribution in [0.25, 0.3) is 0 Å². The molecule has 0 aromatic carbocycles. The van der Waals surface area contributed by atoms with Gasteiger partial charge in [0.05, 0.1) is 6.10 Å². The van der Waals surface area contributed by atoms with Crippen LogP contribution in [0.3, 0.4) is 0 Å². The third-order valence-electron chi connectivity index (χ3n) is 3.32. The summed E-state index contributed by atoms with van der Waals surface area (Å²) in [7, 11) is 2.20. The second kappa shape index (κ2) is 7.20. The third kappa shape index (κ3) is 4.49. The normalized spacial score (nSPS) is 26.4. The topological polar surface area (TPSA) is 32.7 Å². The quantitative estimate of drug-likeness (QED) is 0.655. The van der Waals surface area contributed by atoms with Gasteiger partial charge in [0, 0.05) is 19.3 Å². The van der Waals surface area contributed by atoms with Crippen LogP contribution in [0.4, 0.5) is 0 Å². The average Bonchev–Trinajstić information content (AvgIpc) is 2.64. The molecule has 0 bridgehead atoms.